The molecule has 0 spiro atoms. The van der Waals surface area contributed by atoms with Gasteiger partial charge >= 0.3 is 18.2 Å². The maximum absolute atomic E-state index is 14.3. The van der Waals surface area contributed by atoms with Crippen LogP contribution in [0.2, 0.25) is 0 Å². The second-order valence-corrected chi connectivity index (χ2v) is 13.0. The largest absolute Gasteiger partial charge is 0.490 e. The Balaban J connectivity index is 1.55. The summed E-state index contributed by atoms with van der Waals surface area (Å²) in [4.78, 5) is 43.0. The second kappa shape index (κ2) is 18.0. The first-order chi connectivity index (χ1) is 24.6. The highest BCUT2D eigenvalue weighted by Gasteiger charge is 2.32. The molecule has 11 nitrogen and oxygen atoms in total. The predicted molar refractivity (Wildman–Crippen MR) is 189 cm³/mol. The number of urea groups is 2. The minimum atomic E-state index is -4.50. The Morgan fingerprint density at radius 1 is 0.962 bits per heavy atom. The van der Waals surface area contributed by atoms with Crippen molar-refractivity contribution in [1.29, 1.82) is 0 Å². The Kier molecular flexibility index (Phi) is 13.8. The Bertz CT molecular complexity index is 1660. The van der Waals surface area contributed by atoms with Gasteiger partial charge in [0.1, 0.15) is 11.6 Å². The van der Waals surface area contributed by atoms with E-state index in [0.29, 0.717) is 30.9 Å². The van der Waals surface area contributed by atoms with Crippen molar-refractivity contribution in [2.45, 2.75) is 64.5 Å². The number of halogens is 4. The van der Waals surface area contributed by atoms with Gasteiger partial charge in [-0.2, -0.15) is 13.2 Å². The zero-order valence-corrected chi connectivity index (χ0v) is 29.5. The van der Waals surface area contributed by atoms with Crippen molar-refractivity contribution in [1.82, 2.24) is 9.80 Å². The van der Waals surface area contributed by atoms with Crippen LogP contribution in [-0.4, -0.2) is 84.5 Å². The summed E-state index contributed by atoms with van der Waals surface area (Å²) in [5, 5.41) is 18.1. The summed E-state index contributed by atoms with van der Waals surface area (Å²) in [6, 6.07) is 12.2. The lowest BCUT2D eigenvalue weighted by Gasteiger charge is -2.35. The summed E-state index contributed by atoms with van der Waals surface area (Å²) in [6.45, 7) is 5.64. The van der Waals surface area contributed by atoms with Crippen molar-refractivity contribution in [2.24, 2.45) is 5.92 Å². The van der Waals surface area contributed by atoms with Gasteiger partial charge in [-0.15, -0.1) is 0 Å². The number of carbonyl (C=O) groups excluding carboxylic acids is 3. The lowest BCUT2D eigenvalue weighted by atomic mass is 10.0. The molecule has 0 aliphatic carbocycles. The smallest absolute Gasteiger partial charge is 0.416 e. The summed E-state index contributed by atoms with van der Waals surface area (Å²) in [6.07, 6.45) is -3.28. The molecule has 3 aromatic rings. The highest BCUT2D eigenvalue weighted by Crippen LogP contribution is 2.31. The van der Waals surface area contributed by atoms with Crippen LogP contribution in [0, 0.1) is 11.7 Å². The number of amides is 5. The summed E-state index contributed by atoms with van der Waals surface area (Å²) >= 11 is 0. The van der Waals surface area contributed by atoms with Crippen LogP contribution >= 0.6 is 0 Å². The quantitative estimate of drug-likeness (QED) is 0.187. The Hall–Kier alpha value is -4.89. The number of hydrogen-bond donors (Lipinski definition) is 4. The van der Waals surface area contributed by atoms with E-state index in [1.165, 1.54) is 59.3 Å². The molecule has 282 valence electrons. The molecular formula is C37H45F4N5O6. The Morgan fingerprint density at radius 2 is 1.58 bits per heavy atom. The fourth-order valence-electron chi connectivity index (χ4n) is 5.60. The molecule has 0 saturated carbocycles. The molecule has 4 N–H and O–H groups in total. The van der Waals surface area contributed by atoms with Crippen LogP contribution in [0.25, 0.3) is 0 Å². The normalized spacial score (nSPS) is 19.4. The number of aliphatic hydroxyl groups excluding tert-OH is 1. The molecule has 52 heavy (non-hydrogen) atoms. The van der Waals surface area contributed by atoms with Gasteiger partial charge in [0.2, 0.25) is 0 Å². The molecule has 4 atom stereocenters. The van der Waals surface area contributed by atoms with E-state index in [0.717, 1.165) is 18.6 Å². The van der Waals surface area contributed by atoms with E-state index in [4.69, 9.17) is 9.47 Å². The number of carbonyl (C=O) groups is 3. The lowest BCUT2D eigenvalue weighted by Crippen LogP contribution is -2.48. The molecule has 0 radical (unpaired) electrons. The zero-order valence-electron chi connectivity index (χ0n) is 29.5. The van der Waals surface area contributed by atoms with E-state index >= 15 is 0 Å². The number of benzene rings is 3. The molecule has 15 heteroatoms. The van der Waals surface area contributed by atoms with Crippen molar-refractivity contribution in [3.05, 3.63) is 83.7 Å². The van der Waals surface area contributed by atoms with Crippen LogP contribution in [0.5, 0.6) is 5.75 Å². The van der Waals surface area contributed by atoms with Gasteiger partial charge in [-0.1, -0.05) is 6.92 Å². The first-order valence-electron chi connectivity index (χ1n) is 17.0. The van der Waals surface area contributed by atoms with Crippen LogP contribution in [0.1, 0.15) is 56.0 Å². The van der Waals surface area contributed by atoms with Crippen LogP contribution < -0.4 is 20.7 Å². The van der Waals surface area contributed by atoms with E-state index in [-0.39, 0.29) is 48.7 Å². The molecular weight excluding hydrogens is 686 g/mol. The third-order valence-corrected chi connectivity index (χ3v) is 8.68. The molecule has 4 rings (SSSR count). The standard InChI is InChI=1S/C37H45F4N5O6/c1-23-20-46(24(2)22-47)34(48)31-19-30(43-35(49)42-28-14-10-27(38)11-15-28)16-17-32(31)52-25(3)7-5-6-18-51-33(23)21-45(4)36(50)44-29-12-8-26(9-13-29)37(39,40)41/h8-17,19,23-25,33,47H,5-7,18,20-22H2,1-4H3,(H,44,50)(H2,42,43,49)/t23-,24-,25+,33+/m1/s1. The third kappa shape index (κ3) is 11.3. The second-order valence-electron chi connectivity index (χ2n) is 13.0. The van der Waals surface area contributed by atoms with E-state index in [2.05, 4.69) is 16.0 Å². The van der Waals surface area contributed by atoms with Gasteiger partial charge in [0.15, 0.2) is 0 Å². The van der Waals surface area contributed by atoms with E-state index in [9.17, 15) is 37.1 Å². The molecule has 5 amide bonds. The molecule has 0 saturated heterocycles. The zero-order chi connectivity index (χ0) is 38.0. The van der Waals surface area contributed by atoms with Gasteiger partial charge in [-0.3, -0.25) is 4.79 Å². The predicted octanol–water partition coefficient (Wildman–Crippen LogP) is 7.45. The number of fused-ring (bicyclic) bond motifs is 1. The number of rotatable bonds is 7. The molecule has 0 aromatic heterocycles. The maximum Gasteiger partial charge on any atom is 0.416 e. The van der Waals surface area contributed by atoms with Gasteiger partial charge in [0, 0.05) is 49.7 Å². The van der Waals surface area contributed by atoms with Crippen LogP contribution in [-0.2, 0) is 10.9 Å². The summed E-state index contributed by atoms with van der Waals surface area (Å²) in [5.41, 5.74) is 0.162. The highest BCUT2D eigenvalue weighted by molar-refractivity contribution is 6.02. The van der Waals surface area contributed by atoms with Gasteiger partial charge in [-0.05, 0) is 99.8 Å². The van der Waals surface area contributed by atoms with E-state index in [1.807, 2.05) is 13.8 Å². The van der Waals surface area contributed by atoms with E-state index < -0.39 is 47.7 Å². The number of likely N-dealkylation sites (N-methyl/N-ethyl adjacent to an activating group) is 1. The molecule has 1 heterocycles. The molecule has 0 fully saturated rings. The van der Waals surface area contributed by atoms with Crippen molar-refractivity contribution >= 4 is 35.0 Å². The van der Waals surface area contributed by atoms with Gasteiger partial charge in [0.25, 0.3) is 5.91 Å². The van der Waals surface area contributed by atoms with Crippen molar-refractivity contribution in [2.75, 3.05) is 49.3 Å². The first-order valence-corrected chi connectivity index (χ1v) is 17.0. The summed E-state index contributed by atoms with van der Waals surface area (Å²) in [7, 11) is 1.54. The van der Waals surface area contributed by atoms with Gasteiger partial charge < -0.3 is 40.3 Å². The fourth-order valence-corrected chi connectivity index (χ4v) is 5.60. The first kappa shape index (κ1) is 39.9. The minimum Gasteiger partial charge on any atom is -0.490 e. The maximum atomic E-state index is 14.3. The minimum absolute atomic E-state index is 0.0938. The number of hydrogen-bond acceptors (Lipinski definition) is 6. The number of nitrogens with one attached hydrogen (secondary N) is 3. The monoisotopic (exact) mass is 731 g/mol. The van der Waals surface area contributed by atoms with Crippen molar-refractivity contribution < 1.29 is 46.5 Å². The molecule has 3 aromatic carbocycles. The number of nitrogens with zero attached hydrogens (tertiary/aromatic N) is 2. The number of ether oxygens (including phenoxy) is 2. The topological polar surface area (TPSA) is 132 Å². The highest BCUT2D eigenvalue weighted by atomic mass is 19.4. The van der Waals surface area contributed by atoms with Crippen LogP contribution in [0.4, 0.5) is 44.2 Å². The third-order valence-electron chi connectivity index (χ3n) is 8.68. The SMILES string of the molecule is C[C@@H]1CN([C@H](C)CO)C(=O)c2cc(NC(=O)Nc3ccc(F)cc3)ccc2O[C@@H](C)CCCCO[C@H]1CN(C)C(=O)Nc1ccc(C(F)(F)F)cc1. The van der Waals surface area contributed by atoms with E-state index in [1.54, 1.807) is 19.1 Å². The number of alkyl halides is 3. The molecule has 1 aliphatic rings. The van der Waals surface area contributed by atoms with Crippen molar-refractivity contribution in [3.8, 4) is 5.75 Å². The fraction of sp³-hybridized carbons (Fsp3) is 0.432. The molecule has 1 aliphatic heterocycles. The Morgan fingerprint density at radius 3 is 2.23 bits per heavy atom. The average Bonchev–Trinajstić information content (AvgIpc) is 3.10. The van der Waals surface area contributed by atoms with Crippen LogP contribution in [0.15, 0.2) is 66.7 Å². The molecule has 0 bridgehead atoms. The van der Waals surface area contributed by atoms with Crippen LogP contribution in [0.3, 0.4) is 0 Å². The summed E-state index contributed by atoms with van der Waals surface area (Å²) < 4.78 is 64.8. The lowest BCUT2D eigenvalue weighted by molar-refractivity contribution is -0.137. The summed E-state index contributed by atoms with van der Waals surface area (Å²) in [5.74, 6) is -0.988. The molecule has 0 unspecified atom stereocenters. The van der Waals surface area contributed by atoms with Gasteiger partial charge in [-0.25, -0.2) is 14.0 Å². The Labute approximate surface area is 300 Å². The number of anilines is 3. The van der Waals surface area contributed by atoms with Crippen molar-refractivity contribution in [3.63, 3.8) is 0 Å². The number of aliphatic hydroxyl groups is 1. The average molecular weight is 732 g/mol. The van der Waals surface area contributed by atoms with Gasteiger partial charge in [0.05, 0.1) is 36.0 Å².